The first-order valence-electron chi connectivity index (χ1n) is 14.6. The molecule has 7 heteroatoms. The second-order valence-electron chi connectivity index (χ2n) is 11.8. The number of carbonyl (C=O) groups is 3. The van der Waals surface area contributed by atoms with Gasteiger partial charge in [0, 0.05) is 19.0 Å². The zero-order valence-electron chi connectivity index (χ0n) is 25.5. The number of alkyl carbamates (subject to hydrolysis) is 1. The van der Waals surface area contributed by atoms with Gasteiger partial charge in [-0.15, -0.1) is 0 Å². The summed E-state index contributed by atoms with van der Waals surface area (Å²) in [5, 5.41) is 5.85. The molecule has 0 heterocycles. The highest BCUT2D eigenvalue weighted by Crippen LogP contribution is 2.25. The molecule has 0 aliphatic rings. The van der Waals surface area contributed by atoms with Crippen molar-refractivity contribution in [3.8, 4) is 0 Å². The molecule has 2 atom stereocenters. The lowest BCUT2D eigenvalue weighted by Crippen LogP contribution is -2.54. The second-order valence-corrected chi connectivity index (χ2v) is 11.8. The maximum absolute atomic E-state index is 14.4. The second kappa shape index (κ2) is 16.0. The van der Waals surface area contributed by atoms with Gasteiger partial charge in [-0.25, -0.2) is 4.79 Å². The minimum Gasteiger partial charge on any atom is -0.444 e. The van der Waals surface area contributed by atoms with Crippen LogP contribution in [0, 0.1) is 6.92 Å². The zero-order valence-corrected chi connectivity index (χ0v) is 25.5. The molecule has 0 fully saturated rings. The number of amides is 3. The van der Waals surface area contributed by atoms with Crippen LogP contribution in [0.2, 0.25) is 0 Å². The molecular weight excluding hydrogens is 502 g/mol. The highest BCUT2D eigenvalue weighted by atomic mass is 16.6. The first-order valence-corrected chi connectivity index (χ1v) is 14.6. The number of unbranched alkanes of at least 4 members (excludes halogenated alkanes) is 4. The number of carbonyl (C=O) groups excluding carboxylic acids is 3. The molecule has 0 saturated carbocycles. The van der Waals surface area contributed by atoms with Crippen molar-refractivity contribution in [3.63, 3.8) is 0 Å². The number of hydrogen-bond donors (Lipinski definition) is 2. The minimum atomic E-state index is -0.910. The van der Waals surface area contributed by atoms with Crippen molar-refractivity contribution in [2.45, 2.75) is 111 Å². The molecule has 2 aromatic carbocycles. The summed E-state index contributed by atoms with van der Waals surface area (Å²) in [5.41, 5.74) is 1.93. The highest BCUT2D eigenvalue weighted by molar-refractivity contribution is 5.92. The van der Waals surface area contributed by atoms with E-state index in [1.807, 2.05) is 75.4 Å². The van der Waals surface area contributed by atoms with Gasteiger partial charge in [0.15, 0.2) is 0 Å². The Hall–Kier alpha value is -3.35. The molecule has 0 radical (unpaired) electrons. The topological polar surface area (TPSA) is 87.7 Å². The average Bonchev–Trinajstić information content (AvgIpc) is 2.86. The molecule has 2 rings (SSSR count). The van der Waals surface area contributed by atoms with Gasteiger partial charge in [0.25, 0.3) is 0 Å². The fourth-order valence-corrected chi connectivity index (χ4v) is 4.63. The van der Waals surface area contributed by atoms with E-state index in [4.69, 9.17) is 4.74 Å². The van der Waals surface area contributed by atoms with Crippen LogP contribution in [-0.4, -0.2) is 47.0 Å². The van der Waals surface area contributed by atoms with Gasteiger partial charge in [-0.2, -0.15) is 0 Å². The van der Waals surface area contributed by atoms with Crippen LogP contribution in [0.1, 0.15) is 96.4 Å². The summed E-state index contributed by atoms with van der Waals surface area (Å²) < 4.78 is 5.52. The van der Waals surface area contributed by atoms with Crippen molar-refractivity contribution in [2.75, 3.05) is 6.54 Å². The van der Waals surface area contributed by atoms with Crippen molar-refractivity contribution in [2.24, 2.45) is 0 Å². The first-order chi connectivity index (χ1) is 18.9. The van der Waals surface area contributed by atoms with E-state index in [1.54, 1.807) is 25.7 Å². The summed E-state index contributed by atoms with van der Waals surface area (Å²) in [4.78, 5) is 42.7. The zero-order chi connectivity index (χ0) is 29.7. The van der Waals surface area contributed by atoms with Crippen LogP contribution in [0.25, 0.3) is 0 Å². The molecule has 2 unspecified atom stereocenters. The van der Waals surface area contributed by atoms with E-state index in [-0.39, 0.29) is 24.3 Å². The Morgan fingerprint density at radius 3 is 2.17 bits per heavy atom. The summed E-state index contributed by atoms with van der Waals surface area (Å²) in [7, 11) is 0. The average molecular weight is 552 g/mol. The third-order valence-electron chi connectivity index (χ3n) is 6.41. The Kier molecular flexibility index (Phi) is 13.2. The van der Waals surface area contributed by atoms with Crippen LogP contribution >= 0.6 is 0 Å². The van der Waals surface area contributed by atoms with Crippen LogP contribution in [0.5, 0.6) is 0 Å². The molecule has 0 spiro atoms. The van der Waals surface area contributed by atoms with Gasteiger partial charge in [-0.3, -0.25) is 9.59 Å². The number of hydrogen-bond acceptors (Lipinski definition) is 4. The molecule has 0 saturated heterocycles. The van der Waals surface area contributed by atoms with Gasteiger partial charge in [-0.1, -0.05) is 92.8 Å². The molecule has 2 aromatic rings. The van der Waals surface area contributed by atoms with Crippen molar-refractivity contribution < 1.29 is 19.1 Å². The molecule has 0 bridgehead atoms. The van der Waals surface area contributed by atoms with E-state index >= 15 is 0 Å². The van der Waals surface area contributed by atoms with Crippen molar-refractivity contribution in [1.29, 1.82) is 0 Å². The number of rotatable bonds is 14. The summed E-state index contributed by atoms with van der Waals surface area (Å²) in [6.07, 6.45) is 4.63. The normalized spacial score (nSPS) is 12.9. The quantitative estimate of drug-likeness (QED) is 0.263. The third kappa shape index (κ3) is 11.4. The minimum absolute atomic E-state index is 0.0960. The van der Waals surface area contributed by atoms with Crippen LogP contribution < -0.4 is 10.6 Å². The Morgan fingerprint density at radius 2 is 1.57 bits per heavy atom. The molecule has 7 nitrogen and oxygen atoms in total. The summed E-state index contributed by atoms with van der Waals surface area (Å²) in [6.45, 7) is 13.7. The summed E-state index contributed by atoms with van der Waals surface area (Å²) in [5.74, 6) is -0.547. The van der Waals surface area contributed by atoms with Crippen molar-refractivity contribution >= 4 is 17.9 Å². The standard InChI is InChI=1S/C33H49N3O4/c1-8-9-10-11-15-21-36(29(30(37)34-24(2)3)27-20-16-17-25(4)22-27)31(38)28(23-26-18-13-12-14-19-26)35-32(39)40-33(5,6)7/h12-14,16-20,22,24,28-29H,8-11,15,21,23H2,1-7H3,(H,34,37)(H,35,39). The van der Waals surface area contributed by atoms with Crippen molar-refractivity contribution in [3.05, 3.63) is 71.3 Å². The SMILES string of the molecule is CCCCCCCN(C(=O)C(Cc1ccccc1)NC(=O)OC(C)(C)C)C(C(=O)NC(C)C)c1cccc(C)c1. The number of ether oxygens (including phenoxy) is 1. The fraction of sp³-hybridized carbons (Fsp3) is 0.545. The maximum Gasteiger partial charge on any atom is 0.408 e. The lowest BCUT2D eigenvalue weighted by molar-refractivity contribution is -0.142. The van der Waals surface area contributed by atoms with Gasteiger partial charge in [-0.05, 0) is 59.1 Å². The van der Waals surface area contributed by atoms with E-state index in [9.17, 15) is 14.4 Å². The lowest BCUT2D eigenvalue weighted by atomic mass is 9.98. The number of nitrogens with zero attached hydrogens (tertiary/aromatic N) is 1. The lowest BCUT2D eigenvalue weighted by Gasteiger charge is -2.35. The van der Waals surface area contributed by atoms with E-state index < -0.39 is 23.8 Å². The summed E-state index contributed by atoms with van der Waals surface area (Å²) >= 11 is 0. The Bertz CT molecular complexity index is 1080. The number of benzene rings is 2. The highest BCUT2D eigenvalue weighted by Gasteiger charge is 2.36. The first kappa shape index (κ1) is 32.9. The fourth-order valence-electron chi connectivity index (χ4n) is 4.63. The monoisotopic (exact) mass is 551 g/mol. The molecular formula is C33H49N3O4. The molecule has 0 aromatic heterocycles. The predicted molar refractivity (Wildman–Crippen MR) is 161 cm³/mol. The van der Waals surface area contributed by atoms with Crippen molar-refractivity contribution in [1.82, 2.24) is 15.5 Å². The van der Waals surface area contributed by atoms with Crippen LogP contribution in [-0.2, 0) is 20.7 Å². The third-order valence-corrected chi connectivity index (χ3v) is 6.41. The van der Waals surface area contributed by atoms with E-state index in [2.05, 4.69) is 17.6 Å². The smallest absolute Gasteiger partial charge is 0.408 e. The predicted octanol–water partition coefficient (Wildman–Crippen LogP) is 6.50. The Labute approximate surface area is 241 Å². The molecule has 3 amide bonds. The van der Waals surface area contributed by atoms with E-state index in [1.165, 1.54) is 0 Å². The largest absolute Gasteiger partial charge is 0.444 e. The summed E-state index contributed by atoms with van der Waals surface area (Å²) in [6, 6.07) is 15.5. The molecule has 220 valence electrons. The van der Waals surface area contributed by atoms with Crippen LogP contribution in [0.15, 0.2) is 54.6 Å². The molecule has 0 aliphatic heterocycles. The van der Waals surface area contributed by atoms with E-state index in [0.717, 1.165) is 48.8 Å². The van der Waals surface area contributed by atoms with Gasteiger partial charge in [0.1, 0.15) is 17.7 Å². The van der Waals surface area contributed by atoms with Crippen LogP contribution in [0.3, 0.4) is 0 Å². The van der Waals surface area contributed by atoms with Gasteiger partial charge in [0.2, 0.25) is 11.8 Å². The molecule has 0 aliphatic carbocycles. The molecule has 2 N–H and O–H groups in total. The number of aryl methyl sites for hydroxylation is 1. The van der Waals surface area contributed by atoms with Gasteiger partial charge < -0.3 is 20.3 Å². The van der Waals surface area contributed by atoms with Crippen LogP contribution in [0.4, 0.5) is 4.79 Å². The number of nitrogens with one attached hydrogen (secondary N) is 2. The Balaban J connectivity index is 2.52. The van der Waals surface area contributed by atoms with Gasteiger partial charge >= 0.3 is 6.09 Å². The van der Waals surface area contributed by atoms with Gasteiger partial charge in [0.05, 0.1) is 0 Å². The Morgan fingerprint density at radius 1 is 0.900 bits per heavy atom. The maximum atomic E-state index is 14.4. The van der Waals surface area contributed by atoms with E-state index in [0.29, 0.717) is 6.54 Å². The molecule has 40 heavy (non-hydrogen) atoms.